The summed E-state index contributed by atoms with van der Waals surface area (Å²) in [5, 5.41) is 6.05. The molecule has 3 aromatic rings. The quantitative estimate of drug-likeness (QED) is 0.437. The van der Waals surface area contributed by atoms with E-state index in [-0.39, 0.29) is 25.0 Å². The highest BCUT2D eigenvalue weighted by atomic mass is 19.1. The summed E-state index contributed by atoms with van der Waals surface area (Å²) in [5.74, 6) is 0.0944. The predicted molar refractivity (Wildman–Crippen MR) is 143 cm³/mol. The molecule has 1 aliphatic rings. The summed E-state index contributed by atoms with van der Waals surface area (Å²) in [6, 6.07) is 13.5. The van der Waals surface area contributed by atoms with Gasteiger partial charge < -0.3 is 30.7 Å². The molecule has 1 aliphatic heterocycles. The second-order valence-electron chi connectivity index (χ2n) is 9.47. The molecule has 37 heavy (non-hydrogen) atoms. The molecule has 0 aromatic heterocycles. The van der Waals surface area contributed by atoms with Gasteiger partial charge in [0.15, 0.2) is 0 Å². The molecular formula is C28H31FN4O4. The highest BCUT2D eigenvalue weighted by molar-refractivity contribution is 6.09. The van der Waals surface area contributed by atoms with E-state index in [0.29, 0.717) is 22.9 Å². The molecule has 0 saturated heterocycles. The third-order valence-electron chi connectivity index (χ3n) is 6.39. The van der Waals surface area contributed by atoms with E-state index in [1.807, 2.05) is 39.0 Å². The molecule has 9 heteroatoms. The third kappa shape index (κ3) is 5.08. The molecule has 0 unspecified atom stereocenters. The van der Waals surface area contributed by atoms with E-state index in [1.165, 1.54) is 19.2 Å². The van der Waals surface area contributed by atoms with Gasteiger partial charge in [-0.15, -0.1) is 0 Å². The lowest BCUT2D eigenvalue weighted by molar-refractivity contribution is -0.121. The zero-order valence-corrected chi connectivity index (χ0v) is 21.6. The van der Waals surface area contributed by atoms with Crippen molar-refractivity contribution >= 4 is 28.9 Å². The van der Waals surface area contributed by atoms with Crippen molar-refractivity contribution in [3.05, 3.63) is 65.5 Å². The van der Waals surface area contributed by atoms with Crippen LogP contribution in [0.4, 0.5) is 21.5 Å². The van der Waals surface area contributed by atoms with Crippen LogP contribution < -0.4 is 30.7 Å². The highest BCUT2D eigenvalue weighted by Crippen LogP contribution is 2.44. The maximum atomic E-state index is 13.9. The van der Waals surface area contributed by atoms with Crippen molar-refractivity contribution in [1.29, 1.82) is 0 Å². The molecular weight excluding hydrogens is 475 g/mol. The van der Waals surface area contributed by atoms with Crippen molar-refractivity contribution in [2.45, 2.75) is 32.9 Å². The highest BCUT2D eigenvalue weighted by Gasteiger charge is 2.38. The number of hydrogen-bond acceptors (Lipinski definition) is 6. The number of nitrogens with zero attached hydrogens (tertiary/aromatic N) is 1. The number of halogens is 1. The van der Waals surface area contributed by atoms with Gasteiger partial charge >= 0.3 is 0 Å². The van der Waals surface area contributed by atoms with E-state index in [4.69, 9.17) is 15.2 Å². The van der Waals surface area contributed by atoms with Gasteiger partial charge in [0.25, 0.3) is 5.91 Å². The van der Waals surface area contributed by atoms with Gasteiger partial charge in [-0.05, 0) is 56.2 Å². The minimum atomic E-state index is -0.791. The van der Waals surface area contributed by atoms with Crippen LogP contribution in [0, 0.1) is 12.7 Å². The lowest BCUT2D eigenvalue weighted by atomic mass is 9.91. The number of carbonyl (C=O) groups is 2. The van der Waals surface area contributed by atoms with Crippen molar-refractivity contribution in [3.8, 4) is 22.6 Å². The number of hydrogen-bond donors (Lipinski definition) is 3. The second kappa shape index (κ2) is 10.1. The summed E-state index contributed by atoms with van der Waals surface area (Å²) in [5.41, 5.74) is 9.61. The number of anilines is 3. The molecule has 8 nitrogen and oxygen atoms in total. The van der Waals surface area contributed by atoms with Crippen LogP contribution in [0.3, 0.4) is 0 Å². The summed E-state index contributed by atoms with van der Waals surface area (Å²) < 4.78 is 25.7. The van der Waals surface area contributed by atoms with Crippen LogP contribution in [0.1, 0.15) is 25.0 Å². The van der Waals surface area contributed by atoms with Crippen LogP contribution in [0.2, 0.25) is 0 Å². The number of benzene rings is 3. The van der Waals surface area contributed by atoms with Crippen molar-refractivity contribution in [1.82, 2.24) is 0 Å². The largest absolute Gasteiger partial charge is 0.496 e. The molecule has 0 saturated carbocycles. The SMILES string of the molecule is COc1cc(NC(=O)CN)ccc1-c1ccc2c(c1COc1cc(F)ccc1C)N(C)C(=O)C(C)(C)N2. The van der Waals surface area contributed by atoms with Gasteiger partial charge in [-0.3, -0.25) is 9.59 Å². The fourth-order valence-electron chi connectivity index (χ4n) is 4.51. The van der Waals surface area contributed by atoms with Crippen LogP contribution in [0.5, 0.6) is 11.5 Å². The molecule has 3 aromatic carbocycles. The number of amides is 2. The minimum Gasteiger partial charge on any atom is -0.496 e. The van der Waals surface area contributed by atoms with E-state index in [1.54, 1.807) is 30.1 Å². The number of rotatable bonds is 7. The fraction of sp³-hybridized carbons (Fsp3) is 0.286. The first-order valence-electron chi connectivity index (χ1n) is 11.8. The molecule has 0 fully saturated rings. The monoisotopic (exact) mass is 506 g/mol. The number of fused-ring (bicyclic) bond motifs is 1. The Balaban J connectivity index is 1.86. The Labute approximate surface area is 215 Å². The molecule has 0 radical (unpaired) electrons. The van der Waals surface area contributed by atoms with E-state index in [2.05, 4.69) is 10.6 Å². The summed E-state index contributed by atoms with van der Waals surface area (Å²) in [6.07, 6.45) is 0. The summed E-state index contributed by atoms with van der Waals surface area (Å²) >= 11 is 0. The topological polar surface area (TPSA) is 106 Å². The van der Waals surface area contributed by atoms with Crippen LogP contribution in [-0.4, -0.2) is 38.1 Å². The fourth-order valence-corrected chi connectivity index (χ4v) is 4.51. The van der Waals surface area contributed by atoms with E-state index >= 15 is 0 Å². The summed E-state index contributed by atoms with van der Waals surface area (Å²) in [6.45, 7) is 5.42. The van der Waals surface area contributed by atoms with Crippen molar-refractivity contribution in [2.24, 2.45) is 5.73 Å². The molecule has 4 N–H and O–H groups in total. The number of ether oxygens (including phenoxy) is 2. The maximum absolute atomic E-state index is 13.9. The van der Waals surface area contributed by atoms with Gasteiger partial charge in [-0.1, -0.05) is 12.1 Å². The average Bonchev–Trinajstić information content (AvgIpc) is 2.87. The number of nitrogens with one attached hydrogen (secondary N) is 2. The van der Waals surface area contributed by atoms with E-state index < -0.39 is 11.4 Å². The van der Waals surface area contributed by atoms with Gasteiger partial charge in [-0.2, -0.15) is 0 Å². The number of methoxy groups -OCH3 is 1. The van der Waals surface area contributed by atoms with Crippen molar-refractivity contribution < 1.29 is 23.5 Å². The van der Waals surface area contributed by atoms with Crippen LogP contribution >= 0.6 is 0 Å². The molecule has 0 bridgehead atoms. The Morgan fingerprint density at radius 2 is 1.84 bits per heavy atom. The van der Waals surface area contributed by atoms with Gasteiger partial charge in [0.1, 0.15) is 29.5 Å². The first kappa shape index (κ1) is 26.0. The van der Waals surface area contributed by atoms with Crippen LogP contribution in [-0.2, 0) is 16.2 Å². The molecule has 0 atom stereocenters. The Hall–Kier alpha value is -4.11. The first-order chi connectivity index (χ1) is 17.6. The zero-order chi connectivity index (χ0) is 26.9. The average molecular weight is 507 g/mol. The third-order valence-corrected chi connectivity index (χ3v) is 6.39. The lowest BCUT2D eigenvalue weighted by Crippen LogP contribution is -2.52. The smallest absolute Gasteiger partial charge is 0.251 e. The summed E-state index contributed by atoms with van der Waals surface area (Å²) in [7, 11) is 3.27. The Morgan fingerprint density at radius 3 is 2.54 bits per heavy atom. The number of nitrogens with two attached hydrogens (primary N) is 1. The molecule has 4 rings (SSSR count). The Morgan fingerprint density at radius 1 is 1.11 bits per heavy atom. The van der Waals surface area contributed by atoms with Crippen molar-refractivity contribution in [2.75, 3.05) is 36.2 Å². The molecule has 0 aliphatic carbocycles. The molecule has 0 spiro atoms. The van der Waals surface area contributed by atoms with Gasteiger partial charge in [0, 0.05) is 36.0 Å². The van der Waals surface area contributed by atoms with E-state index in [9.17, 15) is 14.0 Å². The first-order valence-corrected chi connectivity index (χ1v) is 11.8. The maximum Gasteiger partial charge on any atom is 0.251 e. The predicted octanol–water partition coefficient (Wildman–Crippen LogP) is 4.45. The molecule has 1 heterocycles. The van der Waals surface area contributed by atoms with Gasteiger partial charge in [0.05, 0.1) is 25.0 Å². The Kier molecular flexibility index (Phi) is 7.09. The summed E-state index contributed by atoms with van der Waals surface area (Å²) in [4.78, 5) is 26.6. The number of carbonyl (C=O) groups excluding carboxylic acids is 2. The van der Waals surface area contributed by atoms with Crippen LogP contribution in [0.25, 0.3) is 11.1 Å². The van der Waals surface area contributed by atoms with Crippen LogP contribution in [0.15, 0.2) is 48.5 Å². The normalized spacial score (nSPS) is 14.0. The number of aryl methyl sites for hydroxylation is 1. The molecule has 2 amide bonds. The minimum absolute atomic E-state index is 0.0668. The molecule has 194 valence electrons. The van der Waals surface area contributed by atoms with E-state index in [0.717, 1.165) is 27.9 Å². The van der Waals surface area contributed by atoms with Crippen molar-refractivity contribution in [3.63, 3.8) is 0 Å². The van der Waals surface area contributed by atoms with Gasteiger partial charge in [0.2, 0.25) is 5.91 Å². The van der Waals surface area contributed by atoms with Gasteiger partial charge in [-0.25, -0.2) is 4.39 Å². The second-order valence-corrected chi connectivity index (χ2v) is 9.47. The lowest BCUT2D eigenvalue weighted by Gasteiger charge is -2.39. The number of likely N-dealkylation sites (N-methyl/N-ethyl adjacent to an activating group) is 1. The standard InChI is InChI=1S/C28H31FN4O4/c1-16-6-7-17(29)12-23(16)37-15-21-19(10-11-22-26(21)33(4)27(35)28(2,3)32-22)20-9-8-18(13-24(20)36-5)31-25(34)14-30/h6-13,32H,14-15,30H2,1-5H3,(H,31,34). The Bertz CT molecular complexity index is 1370. The zero-order valence-electron chi connectivity index (χ0n) is 21.6.